The first-order chi connectivity index (χ1) is 5.29. The molecule has 1 aliphatic heterocycles. The van der Waals surface area contributed by atoms with Gasteiger partial charge in [-0.25, -0.2) is 0 Å². The summed E-state index contributed by atoms with van der Waals surface area (Å²) in [4.78, 5) is 2.87. The number of nitrogens with one attached hydrogen (secondary N) is 1. The summed E-state index contributed by atoms with van der Waals surface area (Å²) in [6, 6.07) is 7.76. The highest BCUT2D eigenvalue weighted by atomic mass is 14.9. The van der Waals surface area contributed by atoms with Gasteiger partial charge in [0.15, 0.2) is 0 Å². The molecule has 0 amide bonds. The molecule has 3 heteroatoms. The van der Waals surface area contributed by atoms with E-state index in [9.17, 15) is 0 Å². The van der Waals surface area contributed by atoms with Crippen molar-refractivity contribution in [3.05, 3.63) is 35.4 Å². The highest BCUT2D eigenvalue weighted by Gasteiger charge is 2.26. The Kier molecular flexibility index (Phi) is 1.06. The third kappa shape index (κ3) is 0.741. The summed E-state index contributed by atoms with van der Waals surface area (Å²) in [5.41, 5.74) is 7.62. The normalized spacial score (nSPS) is 14.5. The van der Waals surface area contributed by atoms with Crippen molar-refractivity contribution in [1.29, 1.82) is 0 Å². The molecule has 0 unspecified atom stereocenters. The molecule has 0 aliphatic carbocycles. The summed E-state index contributed by atoms with van der Waals surface area (Å²) in [6.07, 6.45) is 0. The molecule has 3 nitrogen and oxygen atoms in total. The molecule has 0 saturated heterocycles. The second-order valence-electron chi connectivity index (χ2n) is 2.50. The van der Waals surface area contributed by atoms with E-state index in [1.54, 1.807) is 0 Å². The van der Waals surface area contributed by atoms with Crippen LogP contribution in [0.5, 0.6) is 0 Å². The van der Waals surface area contributed by atoms with Gasteiger partial charge in [-0.3, -0.25) is 11.1 Å². The van der Waals surface area contributed by atoms with Crippen molar-refractivity contribution in [3.63, 3.8) is 0 Å². The number of nitrogens with two attached hydrogens (primary N) is 2. The van der Waals surface area contributed by atoms with E-state index in [0.29, 0.717) is 11.7 Å². The summed E-state index contributed by atoms with van der Waals surface area (Å²) in [7, 11) is 0. The quantitative estimate of drug-likeness (QED) is 0.359. The van der Waals surface area contributed by atoms with Crippen LogP contribution in [0.3, 0.4) is 0 Å². The summed E-state index contributed by atoms with van der Waals surface area (Å²) >= 11 is 0. The third-order valence-electron chi connectivity index (χ3n) is 1.78. The molecule has 0 atom stereocenters. The molecule has 1 aromatic carbocycles. The number of fused-ring (bicyclic) bond motifs is 1. The van der Waals surface area contributed by atoms with Crippen molar-refractivity contribution >= 4 is 11.7 Å². The minimum Gasteiger partial charge on any atom is -0.256 e. The van der Waals surface area contributed by atoms with Crippen molar-refractivity contribution < 1.29 is 10.4 Å². The van der Waals surface area contributed by atoms with E-state index < -0.39 is 0 Å². The fourth-order valence-electron chi connectivity index (χ4n) is 1.23. The highest BCUT2D eigenvalue weighted by Crippen LogP contribution is 2.06. The lowest BCUT2D eigenvalue weighted by atomic mass is 10.1. The smallest absolute Gasteiger partial charge is 0.256 e. The third-order valence-corrected chi connectivity index (χ3v) is 1.78. The minimum absolute atomic E-state index is 0.637. The van der Waals surface area contributed by atoms with Crippen LogP contribution in [0.1, 0.15) is 11.1 Å². The van der Waals surface area contributed by atoms with Gasteiger partial charge < -0.3 is 0 Å². The van der Waals surface area contributed by atoms with Crippen molar-refractivity contribution in [1.82, 2.24) is 0 Å². The maximum atomic E-state index is 5.64. The monoisotopic (exact) mass is 147 g/mol. The first-order valence-corrected chi connectivity index (χ1v) is 3.40. The fraction of sp³-hybridized carbons (Fsp3) is 0. The van der Waals surface area contributed by atoms with Crippen LogP contribution in [0.15, 0.2) is 24.3 Å². The van der Waals surface area contributed by atoms with Crippen LogP contribution in [0.4, 0.5) is 0 Å². The molecule has 5 N–H and O–H groups in total. The van der Waals surface area contributed by atoms with Crippen LogP contribution in [-0.4, -0.2) is 11.7 Å². The van der Waals surface area contributed by atoms with E-state index in [1.807, 2.05) is 24.3 Å². The molecule has 1 aliphatic rings. The van der Waals surface area contributed by atoms with Crippen LogP contribution >= 0.6 is 0 Å². The lowest BCUT2D eigenvalue weighted by molar-refractivity contribution is -0.368. The van der Waals surface area contributed by atoms with Crippen LogP contribution < -0.4 is 16.1 Å². The number of nitrogen functional groups attached to an aromatic ring is 1. The average Bonchev–Trinajstić information content (AvgIpc) is 2.30. The van der Waals surface area contributed by atoms with Crippen molar-refractivity contribution in [2.45, 2.75) is 0 Å². The Bertz CT molecular complexity index is 352. The number of hydrogen-bond donors (Lipinski definition) is 3. The summed E-state index contributed by atoms with van der Waals surface area (Å²) < 4.78 is 0. The number of hydrogen-bond acceptors (Lipinski definition) is 1. The SMILES string of the molecule is NC1=[NH+]C(=[NH2+])c2ccccc21. The lowest BCUT2D eigenvalue weighted by Crippen LogP contribution is -2.83. The fourth-order valence-corrected chi connectivity index (χ4v) is 1.23. The Morgan fingerprint density at radius 2 is 1.82 bits per heavy atom. The van der Waals surface area contributed by atoms with Gasteiger partial charge in [-0.2, -0.15) is 4.99 Å². The minimum atomic E-state index is 0.637. The van der Waals surface area contributed by atoms with E-state index in [1.165, 1.54) is 0 Å². The van der Waals surface area contributed by atoms with Crippen LogP contribution in [-0.2, 0) is 0 Å². The van der Waals surface area contributed by atoms with Crippen LogP contribution in [0.25, 0.3) is 0 Å². The largest absolute Gasteiger partial charge is 0.337 e. The molecule has 0 bridgehead atoms. The van der Waals surface area contributed by atoms with Gasteiger partial charge in [-0.1, -0.05) is 12.1 Å². The first kappa shape index (κ1) is 6.09. The Hall–Kier alpha value is -1.64. The zero-order valence-electron chi connectivity index (χ0n) is 5.96. The van der Waals surface area contributed by atoms with Gasteiger partial charge >= 0.3 is 11.7 Å². The molecule has 1 heterocycles. The Balaban J connectivity index is 2.71. The van der Waals surface area contributed by atoms with E-state index in [-0.39, 0.29) is 0 Å². The van der Waals surface area contributed by atoms with E-state index in [2.05, 4.69) is 4.99 Å². The number of rotatable bonds is 0. The first-order valence-electron chi connectivity index (χ1n) is 3.40. The molecule has 0 saturated carbocycles. The van der Waals surface area contributed by atoms with Crippen LogP contribution in [0.2, 0.25) is 0 Å². The summed E-state index contributed by atoms with van der Waals surface area (Å²) in [5, 5.41) is 5.64. The van der Waals surface area contributed by atoms with Crippen LogP contribution in [0, 0.1) is 0 Å². The van der Waals surface area contributed by atoms with Gasteiger partial charge in [0.2, 0.25) is 0 Å². The van der Waals surface area contributed by atoms with Crippen molar-refractivity contribution in [3.8, 4) is 0 Å². The van der Waals surface area contributed by atoms with Crippen molar-refractivity contribution in [2.24, 2.45) is 5.73 Å². The van der Waals surface area contributed by atoms with Gasteiger partial charge in [-0.15, -0.1) is 0 Å². The molecular formula is C8H9N3+2. The highest BCUT2D eigenvalue weighted by molar-refractivity contribution is 6.10. The zero-order valence-corrected chi connectivity index (χ0v) is 5.96. The molecule has 0 aromatic heterocycles. The lowest BCUT2D eigenvalue weighted by Gasteiger charge is -1.87. The number of benzene rings is 1. The molecule has 2 rings (SSSR count). The molecule has 0 radical (unpaired) electrons. The maximum Gasteiger partial charge on any atom is 0.337 e. The van der Waals surface area contributed by atoms with Gasteiger partial charge in [0.1, 0.15) is 0 Å². The van der Waals surface area contributed by atoms with Gasteiger partial charge in [0.25, 0.3) is 0 Å². The predicted molar refractivity (Wildman–Crippen MR) is 41.7 cm³/mol. The predicted octanol–water partition coefficient (Wildman–Crippen LogP) is -3.01. The Labute approximate surface area is 64.1 Å². The molecule has 54 valence electrons. The topological polar surface area (TPSA) is 65.6 Å². The molecule has 0 fully saturated rings. The van der Waals surface area contributed by atoms with Gasteiger partial charge in [-0.05, 0) is 12.1 Å². The van der Waals surface area contributed by atoms with E-state index in [4.69, 9.17) is 11.1 Å². The van der Waals surface area contributed by atoms with E-state index >= 15 is 0 Å². The molecule has 11 heavy (non-hydrogen) atoms. The second-order valence-corrected chi connectivity index (χ2v) is 2.50. The van der Waals surface area contributed by atoms with E-state index in [0.717, 1.165) is 11.1 Å². The Morgan fingerprint density at radius 3 is 2.45 bits per heavy atom. The standard InChI is InChI=1S/C8H7N3/c9-7-5-3-1-2-4-6(5)8(10)11-7/h1-4H,(H3,9,10,11)/p+2. The van der Waals surface area contributed by atoms with Gasteiger partial charge in [0.05, 0.1) is 11.1 Å². The average molecular weight is 147 g/mol. The summed E-state index contributed by atoms with van der Waals surface area (Å²) in [5.74, 6) is 1.27. The van der Waals surface area contributed by atoms with Gasteiger partial charge in [0, 0.05) is 0 Å². The molecule has 0 spiro atoms. The molecular weight excluding hydrogens is 138 g/mol. The molecule has 1 aromatic rings. The zero-order chi connectivity index (χ0) is 7.84. The second kappa shape index (κ2) is 1.92. The van der Waals surface area contributed by atoms with Crippen molar-refractivity contribution in [2.75, 3.05) is 0 Å². The summed E-state index contributed by atoms with van der Waals surface area (Å²) in [6.45, 7) is 0. The number of amidine groups is 2. The Morgan fingerprint density at radius 1 is 1.18 bits per heavy atom. The maximum absolute atomic E-state index is 5.64.